The number of methoxy groups -OCH3 is 2. The fraction of sp³-hybridized carbons (Fsp3) is 0.562. The standard InChI is InChI=1S/C16H23NO3/c1-11-6-4-5-7-14(11)17-16(18)13-9-8-12(19-2)10-15(13)20-3/h8-11,14H,4-7H2,1-3H3,(H,17,18)/t11-,14+/m1/s1. The Hall–Kier alpha value is -1.71. The Bertz CT molecular complexity index is 473. The second kappa shape index (κ2) is 6.64. The number of benzene rings is 1. The average molecular weight is 277 g/mol. The number of amides is 1. The lowest BCUT2D eigenvalue weighted by Gasteiger charge is -2.29. The van der Waals surface area contributed by atoms with E-state index < -0.39 is 0 Å². The second-order valence-corrected chi connectivity index (χ2v) is 5.41. The number of hydrogen-bond acceptors (Lipinski definition) is 3. The highest BCUT2D eigenvalue weighted by Gasteiger charge is 2.24. The smallest absolute Gasteiger partial charge is 0.255 e. The zero-order valence-corrected chi connectivity index (χ0v) is 12.4. The van der Waals surface area contributed by atoms with E-state index in [2.05, 4.69) is 12.2 Å². The third-order valence-electron chi connectivity index (χ3n) is 4.08. The summed E-state index contributed by atoms with van der Waals surface area (Å²) in [4.78, 5) is 12.4. The summed E-state index contributed by atoms with van der Waals surface area (Å²) in [5.41, 5.74) is 0.561. The van der Waals surface area contributed by atoms with Crippen LogP contribution in [-0.2, 0) is 0 Å². The van der Waals surface area contributed by atoms with Gasteiger partial charge in [0.2, 0.25) is 0 Å². The molecule has 4 nitrogen and oxygen atoms in total. The van der Waals surface area contributed by atoms with E-state index in [9.17, 15) is 4.79 Å². The van der Waals surface area contributed by atoms with Gasteiger partial charge in [-0.25, -0.2) is 0 Å². The Kier molecular flexibility index (Phi) is 4.88. The van der Waals surface area contributed by atoms with Crippen molar-refractivity contribution in [1.29, 1.82) is 0 Å². The van der Waals surface area contributed by atoms with Crippen molar-refractivity contribution in [1.82, 2.24) is 5.32 Å². The molecule has 0 heterocycles. The quantitative estimate of drug-likeness (QED) is 0.920. The van der Waals surface area contributed by atoms with Crippen molar-refractivity contribution < 1.29 is 14.3 Å². The van der Waals surface area contributed by atoms with Crippen molar-refractivity contribution in [3.63, 3.8) is 0 Å². The summed E-state index contributed by atoms with van der Waals surface area (Å²) in [6, 6.07) is 5.53. The SMILES string of the molecule is COc1ccc(C(=O)N[C@H]2CCCC[C@H]2C)c(OC)c1. The Labute approximate surface area is 120 Å². The predicted octanol–water partition coefficient (Wildman–Crippen LogP) is 3.01. The van der Waals surface area contributed by atoms with Crippen LogP contribution in [0.4, 0.5) is 0 Å². The minimum absolute atomic E-state index is 0.0664. The summed E-state index contributed by atoms with van der Waals surface area (Å²) < 4.78 is 10.4. The first kappa shape index (κ1) is 14.7. The van der Waals surface area contributed by atoms with Crippen LogP contribution in [0.5, 0.6) is 11.5 Å². The number of ether oxygens (including phenoxy) is 2. The van der Waals surface area contributed by atoms with Crippen molar-refractivity contribution >= 4 is 5.91 Å². The molecule has 2 atom stereocenters. The van der Waals surface area contributed by atoms with Gasteiger partial charge in [-0.3, -0.25) is 4.79 Å². The maximum atomic E-state index is 12.4. The number of rotatable bonds is 4. The Morgan fingerprint density at radius 2 is 1.95 bits per heavy atom. The molecular weight excluding hydrogens is 254 g/mol. The highest BCUT2D eigenvalue weighted by molar-refractivity contribution is 5.97. The van der Waals surface area contributed by atoms with Crippen LogP contribution in [0.25, 0.3) is 0 Å². The highest BCUT2D eigenvalue weighted by atomic mass is 16.5. The second-order valence-electron chi connectivity index (χ2n) is 5.41. The van der Waals surface area contributed by atoms with E-state index in [0.29, 0.717) is 23.0 Å². The zero-order chi connectivity index (χ0) is 14.5. The molecule has 110 valence electrons. The van der Waals surface area contributed by atoms with E-state index in [1.165, 1.54) is 19.3 Å². The fourth-order valence-electron chi connectivity index (χ4n) is 2.76. The highest BCUT2D eigenvalue weighted by Crippen LogP contribution is 2.27. The summed E-state index contributed by atoms with van der Waals surface area (Å²) in [5, 5.41) is 3.14. The molecule has 1 aromatic rings. The summed E-state index contributed by atoms with van der Waals surface area (Å²) in [5.74, 6) is 1.70. The van der Waals surface area contributed by atoms with E-state index in [1.807, 2.05) is 0 Å². The van der Waals surface area contributed by atoms with E-state index in [4.69, 9.17) is 9.47 Å². The third kappa shape index (κ3) is 3.24. The molecule has 20 heavy (non-hydrogen) atoms. The lowest BCUT2D eigenvalue weighted by Crippen LogP contribution is -2.41. The Morgan fingerprint density at radius 1 is 1.20 bits per heavy atom. The van der Waals surface area contributed by atoms with Crippen LogP contribution in [0, 0.1) is 5.92 Å². The van der Waals surface area contributed by atoms with E-state index in [0.717, 1.165) is 6.42 Å². The van der Waals surface area contributed by atoms with Gasteiger partial charge in [0.05, 0.1) is 19.8 Å². The number of carbonyl (C=O) groups excluding carboxylic acids is 1. The fourth-order valence-corrected chi connectivity index (χ4v) is 2.76. The van der Waals surface area contributed by atoms with Crippen molar-refractivity contribution in [2.24, 2.45) is 5.92 Å². The number of nitrogens with one attached hydrogen (secondary N) is 1. The van der Waals surface area contributed by atoms with Crippen molar-refractivity contribution in [2.75, 3.05) is 14.2 Å². The molecule has 1 amide bonds. The van der Waals surface area contributed by atoms with Crippen LogP contribution in [0.3, 0.4) is 0 Å². The third-order valence-corrected chi connectivity index (χ3v) is 4.08. The van der Waals surface area contributed by atoms with Gasteiger partial charge in [0.25, 0.3) is 5.91 Å². The van der Waals surface area contributed by atoms with Crippen LogP contribution in [-0.4, -0.2) is 26.2 Å². The monoisotopic (exact) mass is 277 g/mol. The van der Waals surface area contributed by atoms with Gasteiger partial charge in [-0.2, -0.15) is 0 Å². The molecule has 1 aromatic carbocycles. The molecular formula is C16H23NO3. The lowest BCUT2D eigenvalue weighted by atomic mass is 9.86. The van der Waals surface area contributed by atoms with E-state index >= 15 is 0 Å². The summed E-state index contributed by atoms with van der Waals surface area (Å²) >= 11 is 0. The van der Waals surface area contributed by atoms with Gasteiger partial charge in [0, 0.05) is 12.1 Å². The molecule has 0 bridgehead atoms. The van der Waals surface area contributed by atoms with Gasteiger partial charge in [0.1, 0.15) is 11.5 Å². The van der Waals surface area contributed by atoms with Gasteiger partial charge in [-0.1, -0.05) is 19.8 Å². The number of carbonyl (C=O) groups is 1. The Morgan fingerprint density at radius 3 is 2.60 bits per heavy atom. The average Bonchev–Trinajstić information content (AvgIpc) is 2.48. The largest absolute Gasteiger partial charge is 0.497 e. The van der Waals surface area contributed by atoms with Gasteiger partial charge in [-0.15, -0.1) is 0 Å². The minimum Gasteiger partial charge on any atom is -0.497 e. The Balaban J connectivity index is 2.12. The summed E-state index contributed by atoms with van der Waals surface area (Å²) in [6.45, 7) is 2.20. The molecule has 0 unspecified atom stereocenters. The molecule has 0 spiro atoms. The summed E-state index contributed by atoms with van der Waals surface area (Å²) in [6.07, 6.45) is 4.70. The molecule has 1 fully saturated rings. The van der Waals surface area contributed by atoms with Crippen molar-refractivity contribution in [3.8, 4) is 11.5 Å². The van der Waals surface area contributed by atoms with Crippen molar-refractivity contribution in [2.45, 2.75) is 38.6 Å². The van der Waals surface area contributed by atoms with Crippen LogP contribution >= 0.6 is 0 Å². The molecule has 1 aliphatic rings. The van der Waals surface area contributed by atoms with E-state index in [1.54, 1.807) is 32.4 Å². The molecule has 4 heteroatoms. The first-order chi connectivity index (χ1) is 9.65. The van der Waals surface area contributed by atoms with Gasteiger partial charge >= 0.3 is 0 Å². The topological polar surface area (TPSA) is 47.6 Å². The maximum absolute atomic E-state index is 12.4. The minimum atomic E-state index is -0.0664. The van der Waals surface area contributed by atoms with Crippen LogP contribution < -0.4 is 14.8 Å². The number of hydrogen-bond donors (Lipinski definition) is 1. The molecule has 1 saturated carbocycles. The molecule has 0 aliphatic heterocycles. The van der Waals surface area contributed by atoms with Gasteiger partial charge in [0.15, 0.2) is 0 Å². The maximum Gasteiger partial charge on any atom is 0.255 e. The van der Waals surface area contributed by atoms with E-state index in [-0.39, 0.29) is 11.9 Å². The molecule has 1 aliphatic carbocycles. The lowest BCUT2D eigenvalue weighted by molar-refractivity contribution is 0.0907. The van der Waals surface area contributed by atoms with Crippen LogP contribution in [0.2, 0.25) is 0 Å². The molecule has 0 aromatic heterocycles. The molecule has 2 rings (SSSR count). The van der Waals surface area contributed by atoms with Crippen molar-refractivity contribution in [3.05, 3.63) is 23.8 Å². The molecule has 0 saturated heterocycles. The van der Waals surface area contributed by atoms with Gasteiger partial charge < -0.3 is 14.8 Å². The molecule has 1 N–H and O–H groups in total. The molecule has 0 radical (unpaired) electrons. The predicted molar refractivity (Wildman–Crippen MR) is 78.4 cm³/mol. The normalized spacial score (nSPS) is 22.1. The first-order valence-electron chi connectivity index (χ1n) is 7.18. The zero-order valence-electron chi connectivity index (χ0n) is 12.4. The first-order valence-corrected chi connectivity index (χ1v) is 7.18. The van der Waals surface area contributed by atoms with Crippen LogP contribution in [0.1, 0.15) is 43.0 Å². The van der Waals surface area contributed by atoms with Crippen LogP contribution in [0.15, 0.2) is 18.2 Å². The summed E-state index contributed by atoms with van der Waals surface area (Å²) in [7, 11) is 3.16. The van der Waals surface area contributed by atoms with Gasteiger partial charge in [-0.05, 0) is 30.9 Å².